The van der Waals surface area contributed by atoms with E-state index in [4.69, 9.17) is 0 Å². The standard InChI is InChI=1S/C13H22FNSi/c1-15-9-11(10-16(2,3)4)12-7-5-6-8-13(12)14/h5-8,11,15H,9-10H2,1-4H3. The van der Waals surface area contributed by atoms with Crippen molar-refractivity contribution in [2.45, 2.75) is 31.6 Å². The molecule has 0 fully saturated rings. The molecule has 3 heteroatoms. The molecule has 0 aromatic heterocycles. The van der Waals surface area contributed by atoms with Gasteiger partial charge in [-0.1, -0.05) is 37.8 Å². The van der Waals surface area contributed by atoms with Gasteiger partial charge in [0.1, 0.15) is 5.82 Å². The zero-order chi connectivity index (χ0) is 12.2. The summed E-state index contributed by atoms with van der Waals surface area (Å²) in [5.41, 5.74) is 0.860. The van der Waals surface area contributed by atoms with E-state index in [1.807, 2.05) is 19.2 Å². The Morgan fingerprint density at radius 2 is 1.88 bits per heavy atom. The third-order valence-electron chi connectivity index (χ3n) is 2.65. The molecule has 0 bridgehead atoms. The number of rotatable bonds is 5. The van der Waals surface area contributed by atoms with Crippen LogP contribution in [0.3, 0.4) is 0 Å². The van der Waals surface area contributed by atoms with Crippen LogP contribution in [0.1, 0.15) is 11.5 Å². The first-order valence-electron chi connectivity index (χ1n) is 5.83. The van der Waals surface area contributed by atoms with Crippen molar-refractivity contribution in [3.05, 3.63) is 35.6 Å². The van der Waals surface area contributed by atoms with Gasteiger partial charge in [-0.2, -0.15) is 0 Å². The Kier molecular flexibility index (Phi) is 4.68. The maximum Gasteiger partial charge on any atom is 0.126 e. The fraction of sp³-hybridized carbons (Fsp3) is 0.538. The van der Waals surface area contributed by atoms with Crippen molar-refractivity contribution in [1.29, 1.82) is 0 Å². The minimum atomic E-state index is -1.17. The minimum Gasteiger partial charge on any atom is -0.319 e. The molecule has 0 spiro atoms. The highest BCUT2D eigenvalue weighted by atomic mass is 28.3. The lowest BCUT2D eigenvalue weighted by Gasteiger charge is -2.25. The second-order valence-corrected chi connectivity index (χ2v) is 11.1. The number of hydrogen-bond donors (Lipinski definition) is 1. The van der Waals surface area contributed by atoms with Crippen LogP contribution in [-0.4, -0.2) is 21.7 Å². The van der Waals surface area contributed by atoms with Gasteiger partial charge in [-0.15, -0.1) is 0 Å². The Hall–Kier alpha value is -0.673. The summed E-state index contributed by atoms with van der Waals surface area (Å²) >= 11 is 0. The van der Waals surface area contributed by atoms with Gasteiger partial charge < -0.3 is 5.32 Å². The molecule has 0 aliphatic rings. The van der Waals surface area contributed by atoms with E-state index in [-0.39, 0.29) is 5.82 Å². The molecule has 0 aliphatic carbocycles. The lowest BCUT2D eigenvalue weighted by Crippen LogP contribution is -2.28. The van der Waals surface area contributed by atoms with Crippen LogP contribution < -0.4 is 5.32 Å². The van der Waals surface area contributed by atoms with Gasteiger partial charge in [0.15, 0.2) is 0 Å². The number of halogens is 1. The van der Waals surface area contributed by atoms with Gasteiger partial charge in [-0.25, -0.2) is 4.39 Å². The van der Waals surface area contributed by atoms with Crippen molar-refractivity contribution in [2.75, 3.05) is 13.6 Å². The summed E-state index contributed by atoms with van der Waals surface area (Å²) < 4.78 is 13.7. The van der Waals surface area contributed by atoms with Gasteiger partial charge in [0.05, 0.1) is 0 Å². The molecule has 0 saturated carbocycles. The summed E-state index contributed by atoms with van der Waals surface area (Å²) in [4.78, 5) is 0. The Morgan fingerprint density at radius 1 is 1.25 bits per heavy atom. The first-order valence-corrected chi connectivity index (χ1v) is 9.54. The van der Waals surface area contributed by atoms with E-state index >= 15 is 0 Å². The molecule has 0 aliphatic heterocycles. The highest BCUT2D eigenvalue weighted by molar-refractivity contribution is 6.76. The maximum absolute atomic E-state index is 13.7. The van der Waals surface area contributed by atoms with Crippen LogP contribution >= 0.6 is 0 Å². The molecule has 0 heterocycles. The van der Waals surface area contributed by atoms with E-state index in [1.54, 1.807) is 12.1 Å². The fourth-order valence-electron chi connectivity index (χ4n) is 2.08. The smallest absolute Gasteiger partial charge is 0.126 e. The molecule has 0 radical (unpaired) electrons. The second-order valence-electron chi connectivity index (χ2n) is 5.54. The average Bonchev–Trinajstić information content (AvgIpc) is 2.16. The van der Waals surface area contributed by atoms with E-state index in [1.165, 1.54) is 0 Å². The monoisotopic (exact) mass is 239 g/mol. The largest absolute Gasteiger partial charge is 0.319 e. The van der Waals surface area contributed by atoms with Gasteiger partial charge in [-0.3, -0.25) is 0 Å². The molecular weight excluding hydrogens is 217 g/mol. The van der Waals surface area contributed by atoms with Crippen molar-refractivity contribution in [3.63, 3.8) is 0 Å². The van der Waals surface area contributed by atoms with Crippen LogP contribution in [0, 0.1) is 5.82 Å². The first-order chi connectivity index (χ1) is 7.44. The van der Waals surface area contributed by atoms with Gasteiger partial charge in [0.25, 0.3) is 0 Å². The first kappa shape index (κ1) is 13.4. The van der Waals surface area contributed by atoms with E-state index in [9.17, 15) is 4.39 Å². The summed E-state index contributed by atoms with van der Waals surface area (Å²) in [5, 5.41) is 3.17. The summed E-state index contributed by atoms with van der Waals surface area (Å²) in [6.07, 6.45) is 0. The molecule has 0 amide bonds. The predicted octanol–water partition coefficient (Wildman–Crippen LogP) is 3.47. The number of likely N-dealkylation sites (N-methyl/N-ethyl adjacent to an activating group) is 1. The highest BCUT2D eigenvalue weighted by Crippen LogP contribution is 2.27. The lowest BCUT2D eigenvalue weighted by molar-refractivity contribution is 0.574. The molecule has 1 aromatic carbocycles. The highest BCUT2D eigenvalue weighted by Gasteiger charge is 2.23. The Morgan fingerprint density at radius 3 is 2.38 bits per heavy atom. The van der Waals surface area contributed by atoms with Crippen LogP contribution in [0.5, 0.6) is 0 Å². The summed E-state index contributed by atoms with van der Waals surface area (Å²) in [7, 11) is 0.759. The number of hydrogen-bond acceptors (Lipinski definition) is 1. The number of nitrogens with one attached hydrogen (secondary N) is 1. The fourth-order valence-corrected chi connectivity index (χ4v) is 3.93. The maximum atomic E-state index is 13.7. The van der Waals surface area contributed by atoms with Crippen molar-refractivity contribution in [3.8, 4) is 0 Å². The molecule has 1 unspecified atom stereocenters. The molecule has 90 valence electrons. The van der Waals surface area contributed by atoms with Gasteiger partial charge in [0, 0.05) is 14.6 Å². The van der Waals surface area contributed by atoms with Crippen LogP contribution in [0.2, 0.25) is 25.7 Å². The van der Waals surface area contributed by atoms with Crippen molar-refractivity contribution < 1.29 is 4.39 Å². The molecule has 16 heavy (non-hydrogen) atoms. The molecular formula is C13H22FNSi. The van der Waals surface area contributed by atoms with Crippen molar-refractivity contribution >= 4 is 8.07 Å². The molecule has 1 nitrogen and oxygen atoms in total. The summed E-state index contributed by atoms with van der Waals surface area (Å²) in [6, 6.07) is 8.27. The predicted molar refractivity (Wildman–Crippen MR) is 71.2 cm³/mol. The molecule has 0 saturated heterocycles. The van der Waals surface area contributed by atoms with Crippen molar-refractivity contribution in [1.82, 2.24) is 5.32 Å². The normalized spacial score (nSPS) is 13.8. The van der Waals surface area contributed by atoms with Gasteiger partial charge in [-0.05, 0) is 30.6 Å². The Labute approximate surface area is 99.1 Å². The summed E-state index contributed by atoms with van der Waals surface area (Å²) in [5.74, 6) is 0.235. The molecule has 1 N–H and O–H groups in total. The zero-order valence-electron chi connectivity index (χ0n) is 10.7. The van der Waals surface area contributed by atoms with Crippen LogP contribution in [0.25, 0.3) is 0 Å². The second kappa shape index (κ2) is 5.59. The topological polar surface area (TPSA) is 12.0 Å². The van der Waals surface area contributed by atoms with E-state index in [0.29, 0.717) is 5.92 Å². The van der Waals surface area contributed by atoms with Crippen LogP contribution in [0.4, 0.5) is 4.39 Å². The van der Waals surface area contributed by atoms with Gasteiger partial charge in [0.2, 0.25) is 0 Å². The Bertz CT molecular complexity index is 333. The van der Waals surface area contributed by atoms with E-state index in [2.05, 4.69) is 25.0 Å². The molecule has 1 atom stereocenters. The quantitative estimate of drug-likeness (QED) is 0.776. The molecule has 1 rings (SSSR count). The van der Waals surface area contributed by atoms with E-state index < -0.39 is 8.07 Å². The third-order valence-corrected chi connectivity index (χ3v) is 4.37. The SMILES string of the molecule is CNCC(C[Si](C)(C)C)c1ccccc1F. The van der Waals surface area contributed by atoms with Crippen molar-refractivity contribution in [2.24, 2.45) is 0 Å². The van der Waals surface area contributed by atoms with Gasteiger partial charge >= 0.3 is 0 Å². The Balaban J connectivity index is 2.89. The zero-order valence-corrected chi connectivity index (χ0v) is 11.7. The minimum absolute atomic E-state index is 0.0685. The van der Waals surface area contributed by atoms with Crippen LogP contribution in [0.15, 0.2) is 24.3 Å². The van der Waals surface area contributed by atoms with Crippen LogP contribution in [-0.2, 0) is 0 Å². The summed E-state index contributed by atoms with van der Waals surface area (Å²) in [6.45, 7) is 7.84. The van der Waals surface area contributed by atoms with E-state index in [0.717, 1.165) is 18.2 Å². The number of benzene rings is 1. The molecule has 1 aromatic rings. The third kappa shape index (κ3) is 4.06. The lowest BCUT2D eigenvalue weighted by atomic mass is 10.0. The average molecular weight is 239 g/mol.